The third-order valence-electron chi connectivity index (χ3n) is 4.95. The molecule has 1 fully saturated rings. The Morgan fingerprint density at radius 3 is 2.53 bits per heavy atom. The van der Waals surface area contributed by atoms with E-state index in [0.29, 0.717) is 17.6 Å². The monoisotopic (exact) mass is 496 g/mol. The average Bonchev–Trinajstić information content (AvgIpc) is 3.50. The molecule has 30 heavy (non-hydrogen) atoms. The summed E-state index contributed by atoms with van der Waals surface area (Å²) < 4.78 is 26.4. The Labute approximate surface area is 184 Å². The van der Waals surface area contributed by atoms with Gasteiger partial charge in [-0.2, -0.15) is 0 Å². The van der Waals surface area contributed by atoms with Crippen LogP contribution in [0.15, 0.2) is 39.7 Å². The second-order valence-electron chi connectivity index (χ2n) is 7.78. The zero-order chi connectivity index (χ0) is 22.1. The number of carbonyl (C=O) groups is 1. The van der Waals surface area contributed by atoms with Crippen molar-refractivity contribution in [3.8, 4) is 11.5 Å². The highest BCUT2D eigenvalue weighted by atomic mass is 79.9. The molecule has 1 aliphatic rings. The van der Waals surface area contributed by atoms with Crippen LogP contribution >= 0.6 is 15.9 Å². The molecule has 2 aromatic carbocycles. The summed E-state index contributed by atoms with van der Waals surface area (Å²) in [5.74, 6) is -1.42. The largest absolute Gasteiger partial charge is 0.507 e. The number of hydrogen-bond donors (Lipinski definition) is 3. The molecule has 0 spiro atoms. The molecule has 0 aliphatic heterocycles. The first-order chi connectivity index (χ1) is 14.1. The summed E-state index contributed by atoms with van der Waals surface area (Å²) in [4.78, 5) is 14.3. The van der Waals surface area contributed by atoms with Crippen molar-refractivity contribution in [3.63, 3.8) is 0 Å². The van der Waals surface area contributed by atoms with Crippen LogP contribution in [0, 0.1) is 0 Å². The number of hydrogen-bond acceptors (Lipinski definition) is 6. The maximum absolute atomic E-state index is 13.0. The number of halogens is 1. The van der Waals surface area contributed by atoms with E-state index in [1.165, 1.54) is 18.2 Å². The van der Waals surface area contributed by atoms with Gasteiger partial charge in [-0.15, -0.1) is 0 Å². The van der Waals surface area contributed by atoms with Crippen molar-refractivity contribution in [1.29, 1.82) is 0 Å². The molecule has 0 aromatic heterocycles. The lowest BCUT2D eigenvalue weighted by Gasteiger charge is -2.15. The third kappa shape index (κ3) is 5.33. The maximum atomic E-state index is 13.0. The molecule has 7 nitrogen and oxygen atoms in total. The Hall–Kier alpha value is -2.10. The van der Waals surface area contributed by atoms with Gasteiger partial charge in [0, 0.05) is 23.1 Å². The van der Waals surface area contributed by atoms with E-state index in [2.05, 4.69) is 21.2 Å². The van der Waals surface area contributed by atoms with Gasteiger partial charge in [0.05, 0.1) is 11.3 Å². The minimum Gasteiger partial charge on any atom is -0.507 e. The van der Waals surface area contributed by atoms with Gasteiger partial charge in [-0.05, 0) is 62.7 Å². The van der Waals surface area contributed by atoms with Gasteiger partial charge in [-0.3, -0.25) is 4.79 Å². The lowest BCUT2D eigenvalue weighted by atomic mass is 10.0. The quantitative estimate of drug-likeness (QED) is 0.518. The van der Waals surface area contributed by atoms with Crippen molar-refractivity contribution in [2.24, 2.45) is 0 Å². The average molecular weight is 497 g/mol. The van der Waals surface area contributed by atoms with Gasteiger partial charge in [0.25, 0.3) is 5.91 Å². The van der Waals surface area contributed by atoms with Crippen LogP contribution in [-0.4, -0.2) is 56.6 Å². The lowest BCUT2D eigenvalue weighted by molar-refractivity contribution is 0.0948. The van der Waals surface area contributed by atoms with Crippen LogP contribution in [0.3, 0.4) is 0 Å². The number of likely N-dealkylation sites (N-methyl/N-ethyl adjacent to an activating group) is 1. The fraction of sp³-hybridized carbons (Fsp3) is 0.381. The number of phenolic OH excluding ortho intramolecular Hbond substituents is 2. The fourth-order valence-corrected chi connectivity index (χ4v) is 5.15. The normalized spacial score (nSPS) is 14.1. The lowest BCUT2D eigenvalue weighted by Crippen LogP contribution is -2.31. The molecule has 0 unspecified atom stereocenters. The molecule has 162 valence electrons. The van der Waals surface area contributed by atoms with Crippen molar-refractivity contribution in [3.05, 3.63) is 51.5 Å². The van der Waals surface area contributed by atoms with Crippen molar-refractivity contribution in [2.45, 2.75) is 29.4 Å². The minimum absolute atomic E-state index is 0.0711. The summed E-state index contributed by atoms with van der Waals surface area (Å²) in [6.07, 6.45) is 1.93. The van der Waals surface area contributed by atoms with Crippen molar-refractivity contribution >= 4 is 31.7 Å². The number of nitrogens with one attached hydrogen (secondary N) is 1. The third-order valence-corrected chi connectivity index (χ3v) is 7.13. The SMILES string of the molecule is CN(C)CCNC(=O)c1cc(C2CC2)cc(CS(=O)(=O)c2cc(Br)ccc2O)c1O. The van der Waals surface area contributed by atoms with E-state index in [1.807, 2.05) is 19.0 Å². The first-order valence-electron chi connectivity index (χ1n) is 9.58. The van der Waals surface area contributed by atoms with E-state index in [1.54, 1.807) is 12.1 Å². The molecule has 9 heteroatoms. The molecule has 0 heterocycles. The number of amides is 1. The van der Waals surface area contributed by atoms with Crippen LogP contribution in [0.4, 0.5) is 0 Å². The Morgan fingerprint density at radius 2 is 1.90 bits per heavy atom. The smallest absolute Gasteiger partial charge is 0.255 e. The van der Waals surface area contributed by atoms with Crippen LogP contribution in [0.1, 0.15) is 40.2 Å². The van der Waals surface area contributed by atoms with Gasteiger partial charge in [-0.25, -0.2) is 8.42 Å². The van der Waals surface area contributed by atoms with E-state index >= 15 is 0 Å². The standard InChI is InChI=1S/C21H25BrN2O5S/c1-24(2)8-7-23-21(27)17-10-14(13-3-4-13)9-15(20(17)26)12-30(28,29)19-11-16(22)5-6-18(19)25/h5-6,9-11,13,25-26H,3-4,7-8,12H2,1-2H3,(H,23,27). The molecule has 3 rings (SSSR count). The predicted octanol–water partition coefficient (Wildman–Crippen LogP) is 3.00. The van der Waals surface area contributed by atoms with Crippen molar-refractivity contribution in [2.75, 3.05) is 27.2 Å². The Balaban J connectivity index is 1.95. The fourth-order valence-electron chi connectivity index (χ4n) is 3.16. The van der Waals surface area contributed by atoms with E-state index in [0.717, 1.165) is 18.4 Å². The summed E-state index contributed by atoms with van der Waals surface area (Å²) >= 11 is 3.21. The highest BCUT2D eigenvalue weighted by Gasteiger charge is 2.29. The molecular formula is C21H25BrN2O5S. The van der Waals surface area contributed by atoms with Crippen LogP contribution < -0.4 is 5.32 Å². The van der Waals surface area contributed by atoms with Gasteiger partial charge >= 0.3 is 0 Å². The van der Waals surface area contributed by atoms with Gasteiger partial charge < -0.3 is 20.4 Å². The Kier molecular flexibility index (Phi) is 6.74. The molecular weight excluding hydrogens is 472 g/mol. The van der Waals surface area contributed by atoms with Gasteiger partial charge in [0.2, 0.25) is 0 Å². The topological polar surface area (TPSA) is 107 Å². The number of rotatable bonds is 8. The number of carbonyl (C=O) groups excluding carboxylic acids is 1. The van der Waals surface area contributed by atoms with Crippen LogP contribution in [0.5, 0.6) is 11.5 Å². The molecule has 0 bridgehead atoms. The highest BCUT2D eigenvalue weighted by molar-refractivity contribution is 9.10. The summed E-state index contributed by atoms with van der Waals surface area (Å²) in [5, 5.41) is 23.5. The number of sulfone groups is 1. The van der Waals surface area contributed by atoms with Crippen LogP contribution in [-0.2, 0) is 15.6 Å². The number of benzene rings is 2. The molecule has 1 saturated carbocycles. The summed E-state index contributed by atoms with van der Waals surface area (Å²) in [5.41, 5.74) is 1.06. The molecule has 2 aromatic rings. The summed E-state index contributed by atoms with van der Waals surface area (Å²) in [7, 11) is -0.187. The highest BCUT2D eigenvalue weighted by Crippen LogP contribution is 2.43. The minimum atomic E-state index is -3.96. The van der Waals surface area contributed by atoms with E-state index in [-0.39, 0.29) is 33.4 Å². The molecule has 0 saturated heterocycles. The number of aromatic hydroxyl groups is 2. The maximum Gasteiger partial charge on any atom is 0.255 e. The summed E-state index contributed by atoms with van der Waals surface area (Å²) in [6, 6.07) is 7.44. The molecule has 1 amide bonds. The number of phenols is 2. The zero-order valence-corrected chi connectivity index (χ0v) is 19.3. The van der Waals surface area contributed by atoms with Gasteiger partial charge in [0.1, 0.15) is 16.4 Å². The van der Waals surface area contributed by atoms with E-state index in [9.17, 15) is 23.4 Å². The van der Waals surface area contributed by atoms with Crippen LogP contribution in [0.25, 0.3) is 0 Å². The summed E-state index contributed by atoms with van der Waals surface area (Å²) in [6.45, 7) is 1.04. The first kappa shape index (κ1) is 22.6. The van der Waals surface area contributed by atoms with Gasteiger partial charge in [0.15, 0.2) is 9.84 Å². The molecule has 0 atom stereocenters. The molecule has 3 N–H and O–H groups in total. The van der Waals surface area contributed by atoms with E-state index < -0.39 is 21.5 Å². The Morgan fingerprint density at radius 1 is 1.20 bits per heavy atom. The van der Waals surface area contributed by atoms with Gasteiger partial charge in [-0.1, -0.05) is 22.0 Å². The predicted molar refractivity (Wildman–Crippen MR) is 118 cm³/mol. The van der Waals surface area contributed by atoms with Crippen LogP contribution in [0.2, 0.25) is 0 Å². The molecule has 1 aliphatic carbocycles. The van der Waals surface area contributed by atoms with Crippen molar-refractivity contribution in [1.82, 2.24) is 10.2 Å². The zero-order valence-electron chi connectivity index (χ0n) is 16.9. The van der Waals surface area contributed by atoms with E-state index in [4.69, 9.17) is 0 Å². The molecule has 0 radical (unpaired) electrons. The second-order valence-corrected chi connectivity index (χ2v) is 10.7. The second kappa shape index (κ2) is 8.95. The first-order valence-corrected chi connectivity index (χ1v) is 12.0. The van der Waals surface area contributed by atoms with Crippen molar-refractivity contribution < 1.29 is 23.4 Å². The Bertz CT molecular complexity index is 1070. The number of nitrogens with zero attached hydrogens (tertiary/aromatic N) is 1.